The van der Waals surface area contributed by atoms with Crippen molar-refractivity contribution in [2.24, 2.45) is 0 Å². The molecule has 0 saturated carbocycles. The van der Waals surface area contributed by atoms with Crippen LogP contribution in [0.25, 0.3) is 0 Å². The van der Waals surface area contributed by atoms with Gasteiger partial charge in [-0.05, 0) is 0 Å². The second-order valence-electron chi connectivity index (χ2n) is 10.7. The van der Waals surface area contributed by atoms with E-state index in [4.69, 9.17) is 33.2 Å². The molecule has 4 aliphatic heterocycles. The van der Waals surface area contributed by atoms with Gasteiger partial charge in [-0.15, -0.1) is 0 Å². The van der Waals surface area contributed by atoms with Crippen molar-refractivity contribution in [3.63, 3.8) is 0 Å². The number of aliphatic hydroxyl groups excluding tert-OH is 13. The van der Waals surface area contributed by atoms with Crippen LogP contribution >= 0.6 is 0 Å². The Kier molecular flexibility index (Phi) is 12.0. The van der Waals surface area contributed by atoms with E-state index in [1.54, 1.807) is 0 Å². The molecule has 20 nitrogen and oxygen atoms in total. The Morgan fingerprint density at radius 2 is 0.930 bits per heavy atom. The standard InChI is InChI=1S/C23H40O20/c24-1-6-10(29)11(30)14(33)22(39-6)43-19-16(35)20(36)38-8(3-26)18(19)42-23-15(34)12(31)17(7(2-25)40-23)41-21-13(32)9(28)5(27)4-37-21/h5-36H,1-4H2/t5-,6-,7-,8-,9+,10-,11+,12-,13-,14-,15-,16-,17-,18-,19-,20-,21+,22+,23+/m1/s1. The van der Waals surface area contributed by atoms with Crippen molar-refractivity contribution >= 4 is 0 Å². The van der Waals surface area contributed by atoms with Gasteiger partial charge < -0.3 is 99.5 Å². The smallest absolute Gasteiger partial charge is 0.187 e. The van der Waals surface area contributed by atoms with E-state index in [0.717, 1.165) is 0 Å². The predicted molar refractivity (Wildman–Crippen MR) is 128 cm³/mol. The molecule has 0 aromatic heterocycles. The van der Waals surface area contributed by atoms with Crippen molar-refractivity contribution in [2.75, 3.05) is 26.4 Å². The molecule has 0 bridgehead atoms. The molecule has 19 atom stereocenters. The molecule has 4 saturated heterocycles. The first-order valence-electron chi connectivity index (χ1n) is 13.5. The van der Waals surface area contributed by atoms with Gasteiger partial charge in [-0.25, -0.2) is 0 Å². The first kappa shape index (κ1) is 35.1. The van der Waals surface area contributed by atoms with Crippen LogP contribution in [0, 0.1) is 0 Å². The zero-order valence-corrected chi connectivity index (χ0v) is 22.5. The highest BCUT2D eigenvalue weighted by molar-refractivity contribution is 4.97. The monoisotopic (exact) mass is 636 g/mol. The lowest BCUT2D eigenvalue weighted by molar-refractivity contribution is -0.390. The largest absolute Gasteiger partial charge is 0.394 e. The van der Waals surface area contributed by atoms with Crippen LogP contribution in [0.2, 0.25) is 0 Å². The van der Waals surface area contributed by atoms with E-state index >= 15 is 0 Å². The summed E-state index contributed by atoms with van der Waals surface area (Å²) in [6.45, 7) is -3.00. The molecule has 4 aliphatic rings. The molecule has 4 fully saturated rings. The summed E-state index contributed by atoms with van der Waals surface area (Å²) in [5, 5.41) is 132. The van der Waals surface area contributed by atoms with Crippen molar-refractivity contribution in [3.05, 3.63) is 0 Å². The van der Waals surface area contributed by atoms with Crippen LogP contribution in [-0.2, 0) is 33.2 Å². The van der Waals surface area contributed by atoms with Crippen molar-refractivity contribution in [2.45, 2.75) is 117 Å². The molecule has 4 heterocycles. The van der Waals surface area contributed by atoms with E-state index in [0.29, 0.717) is 0 Å². The highest BCUT2D eigenvalue weighted by Gasteiger charge is 2.55. The van der Waals surface area contributed by atoms with E-state index < -0.39 is 143 Å². The number of hydrogen-bond acceptors (Lipinski definition) is 20. The first-order valence-corrected chi connectivity index (χ1v) is 13.5. The number of ether oxygens (including phenoxy) is 7. The van der Waals surface area contributed by atoms with Crippen molar-refractivity contribution < 1.29 is 99.5 Å². The second-order valence-corrected chi connectivity index (χ2v) is 10.7. The molecule has 0 spiro atoms. The van der Waals surface area contributed by atoms with Crippen LogP contribution in [0.1, 0.15) is 0 Å². The van der Waals surface area contributed by atoms with Gasteiger partial charge in [0.05, 0.1) is 26.4 Å². The van der Waals surface area contributed by atoms with E-state index in [9.17, 15) is 66.4 Å². The summed E-state index contributed by atoms with van der Waals surface area (Å²) < 4.78 is 37.9. The average Bonchev–Trinajstić information content (AvgIpc) is 2.99. The van der Waals surface area contributed by atoms with E-state index in [2.05, 4.69) is 0 Å². The van der Waals surface area contributed by atoms with Crippen LogP contribution < -0.4 is 0 Å². The van der Waals surface area contributed by atoms with Gasteiger partial charge in [0.15, 0.2) is 25.2 Å². The molecule has 0 unspecified atom stereocenters. The lowest BCUT2D eigenvalue weighted by atomic mass is 9.95. The highest BCUT2D eigenvalue weighted by atomic mass is 16.8. The van der Waals surface area contributed by atoms with Crippen molar-refractivity contribution in [3.8, 4) is 0 Å². The molecule has 0 amide bonds. The van der Waals surface area contributed by atoms with Crippen molar-refractivity contribution in [1.29, 1.82) is 0 Å². The SMILES string of the molecule is OC[C@H]1O[C@@H](O[C@@H]2[C@@H](O)[C@H](O)O[C@H](CO)[C@H]2O[C@@H]2O[C@H](CO)[C@@H](O[C@@H]3OC[C@@H](O)[C@H](O)[C@H]3O)[C@H](O)[C@H]2O)[C@H](O)[C@@H](O)[C@@H]1O. The number of hydrogen-bond donors (Lipinski definition) is 13. The third-order valence-electron chi connectivity index (χ3n) is 7.81. The Bertz CT molecular complexity index is 867. The predicted octanol–water partition coefficient (Wildman–Crippen LogP) is -9.11. The fraction of sp³-hybridized carbons (Fsp3) is 1.00. The molecule has 0 radical (unpaired) electrons. The van der Waals surface area contributed by atoms with Crippen LogP contribution in [-0.4, -0.2) is 210 Å². The summed E-state index contributed by atoms with van der Waals surface area (Å²) in [4.78, 5) is 0. The minimum absolute atomic E-state index is 0.446. The van der Waals surface area contributed by atoms with E-state index in [1.165, 1.54) is 0 Å². The average molecular weight is 637 g/mol. The molecule has 0 aromatic rings. The minimum Gasteiger partial charge on any atom is -0.394 e. The molecule has 43 heavy (non-hydrogen) atoms. The Labute approximate surface area is 243 Å². The van der Waals surface area contributed by atoms with Crippen LogP contribution in [0.4, 0.5) is 0 Å². The Hall–Kier alpha value is -0.800. The van der Waals surface area contributed by atoms with Gasteiger partial charge in [-0.1, -0.05) is 0 Å². The Morgan fingerprint density at radius 3 is 1.53 bits per heavy atom. The minimum atomic E-state index is -2.00. The summed E-state index contributed by atoms with van der Waals surface area (Å²) in [7, 11) is 0. The van der Waals surface area contributed by atoms with Crippen LogP contribution in [0.5, 0.6) is 0 Å². The second kappa shape index (κ2) is 14.7. The summed E-state index contributed by atoms with van der Waals surface area (Å²) in [6, 6.07) is 0. The number of aliphatic hydroxyl groups is 13. The zero-order chi connectivity index (χ0) is 31.7. The van der Waals surface area contributed by atoms with Gasteiger partial charge in [0.2, 0.25) is 0 Å². The van der Waals surface area contributed by atoms with Crippen molar-refractivity contribution in [1.82, 2.24) is 0 Å². The summed E-state index contributed by atoms with van der Waals surface area (Å²) in [5.41, 5.74) is 0. The normalized spacial score (nSPS) is 53.1. The van der Waals surface area contributed by atoms with Gasteiger partial charge in [0.1, 0.15) is 91.6 Å². The lowest BCUT2D eigenvalue weighted by Gasteiger charge is -2.49. The topological polar surface area (TPSA) is 328 Å². The summed E-state index contributed by atoms with van der Waals surface area (Å²) in [5.74, 6) is 0. The molecular weight excluding hydrogens is 596 g/mol. The third kappa shape index (κ3) is 7.13. The first-order chi connectivity index (χ1) is 20.3. The third-order valence-corrected chi connectivity index (χ3v) is 7.81. The van der Waals surface area contributed by atoms with Gasteiger partial charge in [0.25, 0.3) is 0 Å². The maximum atomic E-state index is 10.8. The maximum absolute atomic E-state index is 10.8. The quantitative estimate of drug-likeness (QED) is 0.112. The molecule has 13 N–H and O–H groups in total. The van der Waals surface area contributed by atoms with Gasteiger partial charge in [-0.2, -0.15) is 0 Å². The van der Waals surface area contributed by atoms with E-state index in [-0.39, 0.29) is 0 Å². The number of rotatable bonds is 9. The van der Waals surface area contributed by atoms with Gasteiger partial charge in [0, 0.05) is 0 Å². The zero-order valence-electron chi connectivity index (χ0n) is 22.5. The molecule has 0 aliphatic carbocycles. The van der Waals surface area contributed by atoms with Crippen LogP contribution in [0.3, 0.4) is 0 Å². The maximum Gasteiger partial charge on any atom is 0.187 e. The van der Waals surface area contributed by atoms with E-state index in [1.807, 2.05) is 0 Å². The van der Waals surface area contributed by atoms with Gasteiger partial charge in [-0.3, -0.25) is 0 Å². The molecule has 4 rings (SSSR count). The van der Waals surface area contributed by atoms with Crippen LogP contribution in [0.15, 0.2) is 0 Å². The fourth-order valence-corrected chi connectivity index (χ4v) is 5.25. The summed E-state index contributed by atoms with van der Waals surface area (Å²) in [6.07, 6.45) is -33.1. The Morgan fingerprint density at radius 1 is 0.442 bits per heavy atom. The lowest BCUT2D eigenvalue weighted by Crippen LogP contribution is -2.67. The molecular formula is C23H40O20. The van der Waals surface area contributed by atoms with Gasteiger partial charge >= 0.3 is 0 Å². The Balaban J connectivity index is 1.51. The molecule has 0 aromatic carbocycles. The highest BCUT2D eigenvalue weighted by Crippen LogP contribution is 2.34. The molecule has 20 heteroatoms. The fourth-order valence-electron chi connectivity index (χ4n) is 5.25. The molecule has 252 valence electrons. The summed E-state index contributed by atoms with van der Waals surface area (Å²) >= 11 is 0.